The predicted molar refractivity (Wildman–Crippen MR) is 129 cm³/mol. The summed E-state index contributed by atoms with van der Waals surface area (Å²) in [7, 11) is 1.73. The smallest absolute Gasteiger partial charge is 0.230 e. The summed E-state index contributed by atoms with van der Waals surface area (Å²) in [6.07, 6.45) is 5.45. The number of methoxy groups -OCH3 is 1. The zero-order valence-electron chi connectivity index (χ0n) is 18.6. The summed E-state index contributed by atoms with van der Waals surface area (Å²) in [5.41, 5.74) is 3.68. The van der Waals surface area contributed by atoms with E-state index in [1.165, 1.54) is 4.90 Å². The molecule has 2 fully saturated rings. The second-order valence-corrected chi connectivity index (χ2v) is 10.2. The Morgan fingerprint density at radius 2 is 1.88 bits per heavy atom. The van der Waals surface area contributed by atoms with E-state index in [0.29, 0.717) is 17.9 Å². The number of carbonyl (C=O) groups excluding carboxylic acids is 2. The standard InChI is InChI=1S/C25H25ClN2O4S/c1-14-10-15(26)11-18(24(14)32-21-5-3-4-20(21)31-2)17-8-9-27-19-12-16(33-25(17)19)13-28-22(29)6-7-23(28)30/h8-12,20-21H,3-7,13H2,1-2H3/t20-,21+/m0/s1. The van der Waals surface area contributed by atoms with Crippen LogP contribution in [0.2, 0.25) is 5.02 Å². The number of hydrogen-bond acceptors (Lipinski definition) is 6. The minimum atomic E-state index is -0.115. The molecule has 2 aromatic heterocycles. The summed E-state index contributed by atoms with van der Waals surface area (Å²) < 4.78 is 13.2. The van der Waals surface area contributed by atoms with Crippen LogP contribution in [0.5, 0.6) is 5.75 Å². The number of imide groups is 1. The number of amides is 2. The Labute approximate surface area is 201 Å². The third-order valence-electron chi connectivity index (χ3n) is 6.43. The maximum Gasteiger partial charge on any atom is 0.230 e. The minimum Gasteiger partial charge on any atom is -0.487 e. The molecular formula is C25H25ClN2O4S. The summed E-state index contributed by atoms with van der Waals surface area (Å²) in [4.78, 5) is 31.0. The van der Waals surface area contributed by atoms with E-state index < -0.39 is 0 Å². The van der Waals surface area contributed by atoms with E-state index in [9.17, 15) is 9.59 Å². The number of ether oxygens (including phenoxy) is 2. The van der Waals surface area contributed by atoms with Crippen LogP contribution >= 0.6 is 22.9 Å². The molecule has 3 heterocycles. The van der Waals surface area contributed by atoms with Crippen molar-refractivity contribution in [1.82, 2.24) is 9.88 Å². The van der Waals surface area contributed by atoms with Gasteiger partial charge in [0.1, 0.15) is 11.9 Å². The second kappa shape index (κ2) is 9.05. The van der Waals surface area contributed by atoms with E-state index >= 15 is 0 Å². The summed E-state index contributed by atoms with van der Waals surface area (Å²) >= 11 is 8.02. The maximum absolute atomic E-state index is 12.1. The number of aryl methyl sites for hydroxylation is 1. The highest BCUT2D eigenvalue weighted by atomic mass is 35.5. The highest BCUT2D eigenvalue weighted by Crippen LogP contribution is 2.43. The largest absolute Gasteiger partial charge is 0.487 e. The molecule has 3 aromatic rings. The Morgan fingerprint density at radius 1 is 1.12 bits per heavy atom. The zero-order valence-corrected chi connectivity index (χ0v) is 20.2. The SMILES string of the molecule is CO[C@H]1CCC[C@H]1Oc1c(C)cc(Cl)cc1-c1ccnc2cc(CN3C(=O)CCC3=O)sc12. The van der Waals surface area contributed by atoms with E-state index in [4.69, 9.17) is 21.1 Å². The van der Waals surface area contributed by atoms with Gasteiger partial charge in [-0.3, -0.25) is 19.5 Å². The van der Waals surface area contributed by atoms with Crippen LogP contribution in [0.15, 0.2) is 30.5 Å². The van der Waals surface area contributed by atoms with Gasteiger partial charge in [-0.05, 0) is 56.0 Å². The van der Waals surface area contributed by atoms with Gasteiger partial charge in [0.25, 0.3) is 0 Å². The summed E-state index contributed by atoms with van der Waals surface area (Å²) in [6.45, 7) is 2.29. The molecule has 172 valence electrons. The lowest BCUT2D eigenvalue weighted by Crippen LogP contribution is -2.28. The first-order chi connectivity index (χ1) is 15.9. The fraction of sp³-hybridized carbons (Fsp3) is 0.400. The van der Waals surface area contributed by atoms with Crippen LogP contribution in [0, 0.1) is 6.92 Å². The lowest BCUT2D eigenvalue weighted by atomic mass is 10.0. The van der Waals surface area contributed by atoms with Crippen molar-refractivity contribution in [3.05, 3.63) is 45.9 Å². The van der Waals surface area contributed by atoms with Crippen molar-refractivity contribution in [2.24, 2.45) is 0 Å². The molecule has 0 radical (unpaired) electrons. The summed E-state index contributed by atoms with van der Waals surface area (Å²) in [5, 5.41) is 0.638. The zero-order chi connectivity index (χ0) is 23.1. The Kier molecular flexibility index (Phi) is 6.12. The normalized spacial score (nSPS) is 20.9. The molecule has 6 nitrogen and oxygen atoms in total. The molecule has 1 aliphatic heterocycles. The molecule has 0 unspecified atom stereocenters. The van der Waals surface area contributed by atoms with Crippen LogP contribution in [-0.4, -0.2) is 41.0 Å². The number of rotatable bonds is 6. The molecule has 2 atom stereocenters. The maximum atomic E-state index is 12.1. The van der Waals surface area contributed by atoms with E-state index in [1.54, 1.807) is 24.6 Å². The number of thiophene rings is 1. The van der Waals surface area contributed by atoms with Gasteiger partial charge in [0, 0.05) is 47.2 Å². The summed E-state index contributed by atoms with van der Waals surface area (Å²) in [6, 6.07) is 7.77. The average Bonchev–Trinajstić information content (AvgIpc) is 3.50. The molecule has 1 aromatic carbocycles. The van der Waals surface area contributed by atoms with Crippen molar-refractivity contribution < 1.29 is 19.1 Å². The van der Waals surface area contributed by atoms with Gasteiger partial charge in [-0.25, -0.2) is 0 Å². The van der Waals surface area contributed by atoms with Crippen LogP contribution in [0.1, 0.15) is 42.5 Å². The van der Waals surface area contributed by atoms with Crippen molar-refractivity contribution >= 4 is 45.0 Å². The highest BCUT2D eigenvalue weighted by Gasteiger charge is 2.31. The van der Waals surface area contributed by atoms with Gasteiger partial charge in [-0.15, -0.1) is 11.3 Å². The van der Waals surface area contributed by atoms with Crippen molar-refractivity contribution in [2.45, 2.75) is 57.8 Å². The fourth-order valence-electron chi connectivity index (χ4n) is 4.77. The van der Waals surface area contributed by atoms with Gasteiger partial charge in [-0.1, -0.05) is 11.6 Å². The highest BCUT2D eigenvalue weighted by molar-refractivity contribution is 7.19. The molecule has 2 amide bonds. The molecule has 33 heavy (non-hydrogen) atoms. The Hall–Kier alpha value is -2.48. The number of fused-ring (bicyclic) bond motifs is 1. The molecule has 5 rings (SSSR count). The number of nitrogens with zero attached hydrogens (tertiary/aromatic N) is 2. The number of aromatic nitrogens is 1. The second-order valence-electron chi connectivity index (χ2n) is 8.62. The first-order valence-corrected chi connectivity index (χ1v) is 12.3. The van der Waals surface area contributed by atoms with Crippen LogP contribution < -0.4 is 4.74 Å². The molecule has 1 saturated heterocycles. The molecule has 8 heteroatoms. The number of likely N-dealkylation sites (tertiary alicyclic amines) is 1. The Morgan fingerprint density at radius 3 is 2.64 bits per heavy atom. The molecule has 2 aliphatic rings. The third kappa shape index (κ3) is 4.25. The minimum absolute atomic E-state index is 0.00274. The molecule has 1 saturated carbocycles. The molecule has 0 N–H and O–H groups in total. The van der Waals surface area contributed by atoms with E-state index in [-0.39, 0.29) is 30.6 Å². The molecular weight excluding hydrogens is 460 g/mol. The van der Waals surface area contributed by atoms with E-state index in [2.05, 4.69) is 4.98 Å². The van der Waals surface area contributed by atoms with Crippen molar-refractivity contribution in [3.8, 4) is 16.9 Å². The van der Waals surface area contributed by atoms with Crippen molar-refractivity contribution in [2.75, 3.05) is 7.11 Å². The van der Waals surface area contributed by atoms with Gasteiger partial charge in [0.15, 0.2) is 0 Å². The average molecular weight is 485 g/mol. The number of carbonyl (C=O) groups is 2. The predicted octanol–water partition coefficient (Wildman–Crippen LogP) is 5.52. The van der Waals surface area contributed by atoms with Gasteiger partial charge >= 0.3 is 0 Å². The topological polar surface area (TPSA) is 68.7 Å². The lowest BCUT2D eigenvalue weighted by Gasteiger charge is -2.23. The van der Waals surface area contributed by atoms with Crippen molar-refractivity contribution in [1.29, 1.82) is 0 Å². The van der Waals surface area contributed by atoms with Crippen LogP contribution in [0.3, 0.4) is 0 Å². The first-order valence-electron chi connectivity index (χ1n) is 11.1. The van der Waals surface area contributed by atoms with Gasteiger partial charge in [0.05, 0.1) is 22.9 Å². The van der Waals surface area contributed by atoms with E-state index in [0.717, 1.165) is 56.8 Å². The monoisotopic (exact) mass is 484 g/mol. The van der Waals surface area contributed by atoms with Gasteiger partial charge in [-0.2, -0.15) is 0 Å². The third-order valence-corrected chi connectivity index (χ3v) is 7.79. The fourth-order valence-corrected chi connectivity index (χ4v) is 6.17. The lowest BCUT2D eigenvalue weighted by molar-refractivity contribution is -0.138. The molecule has 0 bridgehead atoms. The summed E-state index contributed by atoms with van der Waals surface area (Å²) in [5.74, 6) is 0.577. The Balaban J connectivity index is 1.55. The van der Waals surface area contributed by atoms with Crippen LogP contribution in [0.25, 0.3) is 21.3 Å². The number of hydrogen-bond donors (Lipinski definition) is 0. The number of pyridine rings is 1. The van der Waals surface area contributed by atoms with Gasteiger partial charge < -0.3 is 9.47 Å². The Bertz CT molecular complexity index is 1220. The molecule has 1 aliphatic carbocycles. The quantitative estimate of drug-likeness (QED) is 0.431. The van der Waals surface area contributed by atoms with Crippen LogP contribution in [0.4, 0.5) is 0 Å². The van der Waals surface area contributed by atoms with Crippen LogP contribution in [-0.2, 0) is 20.9 Å². The molecule has 0 spiro atoms. The number of benzene rings is 1. The first kappa shape index (κ1) is 22.3. The van der Waals surface area contributed by atoms with E-state index in [1.807, 2.05) is 31.2 Å². The number of halogens is 1. The van der Waals surface area contributed by atoms with Crippen molar-refractivity contribution in [3.63, 3.8) is 0 Å². The van der Waals surface area contributed by atoms with Gasteiger partial charge in [0.2, 0.25) is 11.8 Å².